The number of nitrogens with zero attached hydrogens (tertiary/aromatic N) is 5. The molecule has 2 aromatic heterocycles. The van der Waals surface area contributed by atoms with Crippen LogP contribution >= 0.6 is 0 Å². The van der Waals surface area contributed by atoms with E-state index in [9.17, 15) is 19.2 Å². The highest BCUT2D eigenvalue weighted by Crippen LogP contribution is 2.32. The van der Waals surface area contributed by atoms with Crippen LogP contribution < -0.4 is 16.0 Å². The quantitative estimate of drug-likeness (QED) is 0.631. The number of nitriles is 1. The number of carbonyl (C=O) groups is 2. The number of nitrogens with two attached hydrogens (primary N) is 1. The van der Waals surface area contributed by atoms with Gasteiger partial charge in [-0.25, -0.2) is 14.1 Å². The summed E-state index contributed by atoms with van der Waals surface area (Å²) in [6.07, 6.45) is 3.28. The Hall–Kier alpha value is -4.26. The monoisotopic (exact) mass is 445 g/mol. The first-order valence-corrected chi connectivity index (χ1v) is 10.6. The van der Waals surface area contributed by atoms with E-state index >= 15 is 0 Å². The van der Waals surface area contributed by atoms with E-state index in [1.165, 1.54) is 18.2 Å². The molecule has 2 aliphatic rings. The van der Waals surface area contributed by atoms with E-state index < -0.39 is 5.82 Å². The molecule has 1 aromatic carbocycles. The van der Waals surface area contributed by atoms with Gasteiger partial charge in [0.15, 0.2) is 5.82 Å². The third-order valence-electron chi connectivity index (χ3n) is 6.08. The van der Waals surface area contributed by atoms with E-state index in [1.54, 1.807) is 23.0 Å². The lowest BCUT2D eigenvalue weighted by atomic mass is 9.98. The molecule has 5 rings (SSSR count). The number of nitrogens with one attached hydrogen (secondary N) is 1. The van der Waals surface area contributed by atoms with E-state index in [0.29, 0.717) is 29.3 Å². The van der Waals surface area contributed by atoms with Crippen LogP contribution in [-0.2, 0) is 11.3 Å². The highest BCUT2D eigenvalue weighted by Gasteiger charge is 2.29. The molecular formula is C23H20FN7O2. The number of benzene rings is 1. The van der Waals surface area contributed by atoms with Crippen molar-refractivity contribution in [1.29, 1.82) is 5.26 Å². The first kappa shape index (κ1) is 20.6. The van der Waals surface area contributed by atoms with Crippen LogP contribution in [0.15, 0.2) is 36.5 Å². The first-order valence-electron chi connectivity index (χ1n) is 10.6. The minimum atomic E-state index is -0.573. The molecule has 2 amide bonds. The van der Waals surface area contributed by atoms with Crippen LogP contribution in [0.2, 0.25) is 0 Å². The molecule has 0 spiro atoms. The van der Waals surface area contributed by atoms with Crippen LogP contribution in [0.1, 0.15) is 34.5 Å². The van der Waals surface area contributed by atoms with Gasteiger partial charge in [-0.1, -0.05) is 6.07 Å². The van der Waals surface area contributed by atoms with Crippen molar-refractivity contribution in [2.45, 2.75) is 19.4 Å². The molecular weight excluding hydrogens is 425 g/mol. The number of piperidine rings is 1. The number of hydrogen-bond donors (Lipinski definition) is 2. The number of halogens is 1. The standard InChI is InChI=1S/C23H20FN7O2/c24-15-5-1-3-13(10-25)20(15)16-9-18(21-17(28-16)11-27-23(21)33)31-8-6-19(29-31)30-7-2-4-14(12-30)22(26)32/h1,3,5-6,8-9,14H,2,4,7,11-12H2,(H2,26,32)(H,27,33)/t14-/m1/s1. The summed E-state index contributed by atoms with van der Waals surface area (Å²) in [6.45, 7) is 1.42. The second-order valence-electron chi connectivity index (χ2n) is 8.11. The number of hydrogen-bond acceptors (Lipinski definition) is 6. The lowest BCUT2D eigenvalue weighted by Gasteiger charge is -2.31. The number of rotatable bonds is 4. The van der Waals surface area contributed by atoms with Crippen LogP contribution in [0.3, 0.4) is 0 Å². The van der Waals surface area contributed by atoms with Gasteiger partial charge in [-0.05, 0) is 31.0 Å². The van der Waals surface area contributed by atoms with Gasteiger partial charge >= 0.3 is 0 Å². The molecule has 0 aliphatic carbocycles. The summed E-state index contributed by atoms with van der Waals surface area (Å²) in [6, 6.07) is 9.63. The molecule has 2 aliphatic heterocycles. The average molecular weight is 445 g/mol. The second kappa shape index (κ2) is 8.02. The van der Waals surface area contributed by atoms with Gasteiger partial charge < -0.3 is 16.0 Å². The Labute approximate surface area is 188 Å². The molecule has 166 valence electrons. The van der Waals surface area contributed by atoms with Crippen LogP contribution in [0.5, 0.6) is 0 Å². The Morgan fingerprint density at radius 3 is 2.94 bits per heavy atom. The lowest BCUT2D eigenvalue weighted by Crippen LogP contribution is -2.41. The summed E-state index contributed by atoms with van der Waals surface area (Å²) in [5.41, 5.74) is 7.23. The zero-order chi connectivity index (χ0) is 23.1. The van der Waals surface area contributed by atoms with Gasteiger partial charge in [0.05, 0.1) is 52.3 Å². The van der Waals surface area contributed by atoms with Gasteiger partial charge in [-0.3, -0.25) is 9.59 Å². The summed E-state index contributed by atoms with van der Waals surface area (Å²) >= 11 is 0. The van der Waals surface area contributed by atoms with Crippen molar-refractivity contribution in [2.24, 2.45) is 11.7 Å². The summed E-state index contributed by atoms with van der Waals surface area (Å²) in [5, 5.41) is 16.8. The van der Waals surface area contributed by atoms with Crippen molar-refractivity contribution in [3.63, 3.8) is 0 Å². The van der Waals surface area contributed by atoms with E-state index in [4.69, 9.17) is 5.73 Å². The molecule has 1 saturated heterocycles. The Morgan fingerprint density at radius 1 is 1.30 bits per heavy atom. The van der Waals surface area contributed by atoms with Crippen molar-refractivity contribution in [1.82, 2.24) is 20.1 Å². The number of fused-ring (bicyclic) bond motifs is 1. The molecule has 0 unspecified atom stereocenters. The minimum Gasteiger partial charge on any atom is -0.369 e. The van der Waals surface area contributed by atoms with Crippen LogP contribution in [-0.4, -0.2) is 39.7 Å². The Balaban J connectivity index is 1.59. The number of amides is 2. The molecule has 1 fully saturated rings. The smallest absolute Gasteiger partial charge is 0.255 e. The van der Waals surface area contributed by atoms with Crippen molar-refractivity contribution >= 4 is 17.6 Å². The molecule has 33 heavy (non-hydrogen) atoms. The van der Waals surface area contributed by atoms with Crippen molar-refractivity contribution in [3.8, 4) is 23.0 Å². The number of aromatic nitrogens is 3. The maximum atomic E-state index is 14.7. The molecule has 9 nitrogen and oxygen atoms in total. The Bertz CT molecular complexity index is 1330. The van der Waals surface area contributed by atoms with E-state index in [-0.39, 0.29) is 41.1 Å². The second-order valence-corrected chi connectivity index (χ2v) is 8.11. The van der Waals surface area contributed by atoms with Crippen LogP contribution in [0, 0.1) is 23.1 Å². The van der Waals surface area contributed by atoms with E-state index in [2.05, 4.69) is 15.4 Å². The van der Waals surface area contributed by atoms with Gasteiger partial charge in [0.25, 0.3) is 5.91 Å². The van der Waals surface area contributed by atoms with Gasteiger partial charge in [0.1, 0.15) is 5.82 Å². The van der Waals surface area contributed by atoms with Gasteiger partial charge in [0.2, 0.25) is 5.91 Å². The SMILES string of the molecule is N#Cc1cccc(F)c1-c1cc(-n2ccc(N3CCC[C@@H](C(N)=O)C3)n2)c2c(n1)CNC2=O. The van der Waals surface area contributed by atoms with Crippen molar-refractivity contribution < 1.29 is 14.0 Å². The average Bonchev–Trinajstić information content (AvgIpc) is 3.46. The fourth-order valence-corrected chi connectivity index (χ4v) is 4.43. The van der Waals surface area contributed by atoms with Gasteiger partial charge in [0, 0.05) is 25.4 Å². The minimum absolute atomic E-state index is 0.0797. The summed E-state index contributed by atoms with van der Waals surface area (Å²) < 4.78 is 16.2. The largest absolute Gasteiger partial charge is 0.369 e. The topological polar surface area (TPSA) is 130 Å². The maximum Gasteiger partial charge on any atom is 0.255 e. The highest BCUT2D eigenvalue weighted by molar-refractivity contribution is 6.01. The predicted molar refractivity (Wildman–Crippen MR) is 117 cm³/mol. The highest BCUT2D eigenvalue weighted by atomic mass is 19.1. The number of primary amides is 1. The molecule has 0 bridgehead atoms. The van der Waals surface area contributed by atoms with Crippen molar-refractivity contribution in [3.05, 3.63) is 59.2 Å². The molecule has 10 heteroatoms. The zero-order valence-electron chi connectivity index (χ0n) is 17.6. The fraction of sp³-hybridized carbons (Fsp3) is 0.261. The zero-order valence-corrected chi connectivity index (χ0v) is 17.6. The maximum absolute atomic E-state index is 14.7. The Morgan fingerprint density at radius 2 is 2.15 bits per heavy atom. The summed E-state index contributed by atoms with van der Waals surface area (Å²) in [4.78, 5) is 30.6. The number of carbonyl (C=O) groups excluding carboxylic acids is 2. The molecule has 3 aromatic rings. The van der Waals surface area contributed by atoms with Crippen LogP contribution in [0.25, 0.3) is 16.9 Å². The lowest BCUT2D eigenvalue weighted by molar-refractivity contribution is -0.122. The van der Waals surface area contributed by atoms with Crippen molar-refractivity contribution in [2.75, 3.05) is 18.0 Å². The summed E-state index contributed by atoms with van der Waals surface area (Å²) in [7, 11) is 0. The third kappa shape index (κ3) is 3.57. The predicted octanol–water partition coefficient (Wildman–Crippen LogP) is 1.89. The molecule has 3 N–H and O–H groups in total. The van der Waals surface area contributed by atoms with Gasteiger partial charge in [-0.15, -0.1) is 0 Å². The van der Waals surface area contributed by atoms with E-state index in [1.807, 2.05) is 11.0 Å². The number of pyridine rings is 1. The number of anilines is 1. The van der Waals surface area contributed by atoms with Gasteiger partial charge in [-0.2, -0.15) is 10.4 Å². The third-order valence-corrected chi connectivity index (χ3v) is 6.08. The molecule has 4 heterocycles. The molecule has 1 atom stereocenters. The fourth-order valence-electron chi connectivity index (χ4n) is 4.43. The van der Waals surface area contributed by atoms with Crippen LogP contribution in [0.4, 0.5) is 10.2 Å². The first-order chi connectivity index (χ1) is 16.0. The molecule has 0 radical (unpaired) electrons. The summed E-state index contributed by atoms with van der Waals surface area (Å²) in [5.74, 6) is -0.786. The Kier molecular flexibility index (Phi) is 5.01. The van der Waals surface area contributed by atoms with E-state index in [0.717, 1.165) is 19.4 Å². The molecule has 0 saturated carbocycles. The normalized spacial score (nSPS) is 17.4.